The lowest BCUT2D eigenvalue weighted by molar-refractivity contribution is -0.121. The Bertz CT molecular complexity index is 1020. The van der Waals surface area contributed by atoms with E-state index in [1.807, 2.05) is 24.3 Å². The minimum Gasteiger partial charge on any atom is -0.497 e. The molecular weight excluding hydrogens is 346 g/mol. The number of para-hydroxylation sites is 2. The van der Waals surface area contributed by atoms with Crippen LogP contribution in [-0.2, 0) is 11.3 Å². The molecule has 3 aromatic rings. The molecule has 2 aromatic carbocycles. The lowest BCUT2D eigenvalue weighted by Crippen LogP contribution is -2.30. The number of carbonyl (C=O) groups is 2. The van der Waals surface area contributed by atoms with Gasteiger partial charge in [-0.25, -0.2) is 4.79 Å². The van der Waals surface area contributed by atoms with Gasteiger partial charge in [-0.2, -0.15) is 0 Å². The van der Waals surface area contributed by atoms with Gasteiger partial charge in [0.15, 0.2) is 5.78 Å². The Labute approximate surface area is 156 Å². The Balaban J connectivity index is 1.49. The van der Waals surface area contributed by atoms with Gasteiger partial charge in [-0.3, -0.25) is 14.2 Å². The van der Waals surface area contributed by atoms with Gasteiger partial charge in [0.2, 0.25) is 5.91 Å². The number of aromatic amines is 1. The molecule has 0 atom stereocenters. The van der Waals surface area contributed by atoms with Crippen molar-refractivity contribution < 1.29 is 14.3 Å². The van der Waals surface area contributed by atoms with Gasteiger partial charge < -0.3 is 15.0 Å². The molecule has 1 amide bonds. The number of methoxy groups -OCH3 is 1. The van der Waals surface area contributed by atoms with Crippen LogP contribution in [0.3, 0.4) is 0 Å². The minimum absolute atomic E-state index is 0.0961. The predicted octanol–water partition coefficient (Wildman–Crippen LogP) is 2.12. The van der Waals surface area contributed by atoms with Gasteiger partial charge in [0, 0.05) is 31.5 Å². The van der Waals surface area contributed by atoms with E-state index in [4.69, 9.17) is 4.74 Å². The molecule has 0 saturated carbocycles. The number of carbonyl (C=O) groups excluding carboxylic acids is 2. The maximum atomic E-state index is 12.2. The molecular formula is C20H21N3O4. The highest BCUT2D eigenvalue weighted by Gasteiger charge is 2.11. The van der Waals surface area contributed by atoms with Crippen molar-refractivity contribution in [3.05, 3.63) is 64.6 Å². The molecule has 0 aliphatic rings. The average molecular weight is 367 g/mol. The molecule has 140 valence electrons. The lowest BCUT2D eigenvalue weighted by atomic mass is 10.1. The normalized spacial score (nSPS) is 10.7. The summed E-state index contributed by atoms with van der Waals surface area (Å²) in [5.41, 5.74) is 1.87. The summed E-state index contributed by atoms with van der Waals surface area (Å²) < 4.78 is 6.68. The van der Waals surface area contributed by atoms with Gasteiger partial charge in [-0.15, -0.1) is 0 Å². The molecule has 0 saturated heterocycles. The number of Topliss-reactive ketones (excluding diaryl/α,β-unsaturated/α-hetero) is 1. The van der Waals surface area contributed by atoms with Crippen molar-refractivity contribution in [3.8, 4) is 5.75 Å². The van der Waals surface area contributed by atoms with Crippen molar-refractivity contribution in [2.24, 2.45) is 0 Å². The fraction of sp³-hybridized carbons (Fsp3) is 0.250. The van der Waals surface area contributed by atoms with Crippen molar-refractivity contribution >= 4 is 22.7 Å². The first-order valence-corrected chi connectivity index (χ1v) is 8.70. The summed E-state index contributed by atoms with van der Waals surface area (Å²) >= 11 is 0. The van der Waals surface area contributed by atoms with Crippen molar-refractivity contribution in [2.45, 2.75) is 19.4 Å². The number of nitrogens with one attached hydrogen (secondary N) is 2. The van der Waals surface area contributed by atoms with Crippen molar-refractivity contribution in [1.29, 1.82) is 0 Å². The number of ketones is 1. The van der Waals surface area contributed by atoms with E-state index in [1.54, 1.807) is 28.8 Å². The van der Waals surface area contributed by atoms with E-state index in [0.717, 1.165) is 11.0 Å². The molecule has 0 unspecified atom stereocenters. The molecule has 7 nitrogen and oxygen atoms in total. The quantitative estimate of drug-likeness (QED) is 0.597. The third kappa shape index (κ3) is 4.44. The molecule has 0 aliphatic carbocycles. The topological polar surface area (TPSA) is 93.2 Å². The number of benzene rings is 2. The molecule has 0 bridgehead atoms. The number of aromatic nitrogens is 2. The number of amides is 1. The van der Waals surface area contributed by atoms with Crippen LogP contribution < -0.4 is 15.7 Å². The zero-order chi connectivity index (χ0) is 19.2. The number of ether oxygens (including phenoxy) is 1. The highest BCUT2D eigenvalue weighted by molar-refractivity contribution is 5.98. The first kappa shape index (κ1) is 18.4. The number of H-pyrrole nitrogens is 1. The summed E-state index contributed by atoms with van der Waals surface area (Å²) in [5, 5.41) is 2.75. The second kappa shape index (κ2) is 8.35. The van der Waals surface area contributed by atoms with Crippen LogP contribution in [0.1, 0.15) is 23.2 Å². The Morgan fingerprint density at radius 3 is 2.74 bits per heavy atom. The SMILES string of the molecule is COc1cccc(C(=O)CCC(=O)NCCn2c(=O)[nH]c3ccccc32)c1. The summed E-state index contributed by atoms with van der Waals surface area (Å²) in [6.07, 6.45) is 0.213. The van der Waals surface area contributed by atoms with Crippen LogP contribution in [0.15, 0.2) is 53.3 Å². The number of hydrogen-bond donors (Lipinski definition) is 2. The monoisotopic (exact) mass is 367 g/mol. The van der Waals surface area contributed by atoms with Gasteiger partial charge in [0.25, 0.3) is 0 Å². The number of imidazole rings is 1. The average Bonchev–Trinajstić information content (AvgIpc) is 3.01. The molecule has 0 radical (unpaired) electrons. The molecule has 0 aliphatic heterocycles. The van der Waals surface area contributed by atoms with Gasteiger partial charge >= 0.3 is 5.69 Å². The third-order valence-electron chi connectivity index (χ3n) is 4.31. The maximum absolute atomic E-state index is 12.2. The number of fused-ring (bicyclic) bond motifs is 1. The summed E-state index contributed by atoms with van der Waals surface area (Å²) in [6.45, 7) is 0.673. The molecule has 1 aromatic heterocycles. The zero-order valence-electron chi connectivity index (χ0n) is 15.0. The highest BCUT2D eigenvalue weighted by atomic mass is 16.5. The van der Waals surface area contributed by atoms with Gasteiger partial charge in [-0.1, -0.05) is 24.3 Å². The van der Waals surface area contributed by atoms with Crippen LogP contribution in [0, 0.1) is 0 Å². The molecule has 27 heavy (non-hydrogen) atoms. The smallest absolute Gasteiger partial charge is 0.326 e. The van der Waals surface area contributed by atoms with Gasteiger partial charge in [0.05, 0.1) is 18.1 Å². The van der Waals surface area contributed by atoms with E-state index >= 15 is 0 Å². The molecule has 7 heteroatoms. The zero-order valence-corrected chi connectivity index (χ0v) is 15.0. The van der Waals surface area contributed by atoms with Gasteiger partial charge in [0.1, 0.15) is 5.75 Å². The minimum atomic E-state index is -0.223. The van der Waals surface area contributed by atoms with Crippen molar-refractivity contribution in [2.75, 3.05) is 13.7 Å². The second-order valence-corrected chi connectivity index (χ2v) is 6.10. The summed E-state index contributed by atoms with van der Waals surface area (Å²) in [5.74, 6) is 0.269. The number of nitrogens with zero attached hydrogens (tertiary/aromatic N) is 1. The summed E-state index contributed by atoms with van der Waals surface area (Å²) in [4.78, 5) is 38.9. The summed E-state index contributed by atoms with van der Waals surface area (Å²) in [7, 11) is 1.54. The van der Waals surface area contributed by atoms with Crippen LogP contribution >= 0.6 is 0 Å². The first-order chi connectivity index (χ1) is 13.1. The van der Waals surface area contributed by atoms with E-state index in [1.165, 1.54) is 7.11 Å². The van der Waals surface area contributed by atoms with E-state index in [0.29, 0.717) is 24.4 Å². The molecule has 0 fully saturated rings. The fourth-order valence-corrected chi connectivity index (χ4v) is 2.89. The predicted molar refractivity (Wildman–Crippen MR) is 102 cm³/mol. The Hall–Kier alpha value is -3.35. The van der Waals surface area contributed by atoms with E-state index in [2.05, 4.69) is 10.3 Å². The van der Waals surface area contributed by atoms with Crippen LogP contribution in [0.25, 0.3) is 11.0 Å². The van der Waals surface area contributed by atoms with Gasteiger partial charge in [-0.05, 0) is 24.3 Å². The van der Waals surface area contributed by atoms with E-state index in [-0.39, 0.29) is 30.2 Å². The Morgan fingerprint density at radius 1 is 1.11 bits per heavy atom. The van der Waals surface area contributed by atoms with E-state index in [9.17, 15) is 14.4 Å². The lowest BCUT2D eigenvalue weighted by Gasteiger charge is -2.07. The van der Waals surface area contributed by atoms with Crippen LogP contribution in [0.2, 0.25) is 0 Å². The standard InChI is InChI=1S/C20H21N3O4/c1-27-15-6-4-5-14(13-15)18(24)9-10-19(25)21-11-12-23-17-8-3-2-7-16(17)22-20(23)26/h2-8,13H,9-12H2,1H3,(H,21,25)(H,22,26). The highest BCUT2D eigenvalue weighted by Crippen LogP contribution is 2.14. The Kier molecular flexibility index (Phi) is 5.71. The van der Waals surface area contributed by atoms with E-state index < -0.39 is 0 Å². The second-order valence-electron chi connectivity index (χ2n) is 6.10. The van der Waals surface area contributed by atoms with Crippen molar-refractivity contribution in [3.63, 3.8) is 0 Å². The Morgan fingerprint density at radius 2 is 1.93 bits per heavy atom. The number of rotatable bonds is 8. The van der Waals surface area contributed by atoms with Crippen LogP contribution in [-0.4, -0.2) is 34.9 Å². The summed E-state index contributed by atoms with van der Waals surface area (Å²) in [6, 6.07) is 14.2. The van der Waals surface area contributed by atoms with Crippen LogP contribution in [0.5, 0.6) is 5.75 Å². The first-order valence-electron chi connectivity index (χ1n) is 8.70. The third-order valence-corrected chi connectivity index (χ3v) is 4.31. The van der Waals surface area contributed by atoms with Crippen LogP contribution in [0.4, 0.5) is 0 Å². The maximum Gasteiger partial charge on any atom is 0.326 e. The molecule has 3 rings (SSSR count). The number of hydrogen-bond acceptors (Lipinski definition) is 4. The largest absolute Gasteiger partial charge is 0.497 e. The fourth-order valence-electron chi connectivity index (χ4n) is 2.89. The molecule has 0 spiro atoms. The van der Waals surface area contributed by atoms with Crippen molar-refractivity contribution in [1.82, 2.24) is 14.9 Å². The molecule has 1 heterocycles. The molecule has 2 N–H and O–H groups in total.